The smallest absolute Gasteiger partial charge is 0.326 e. The number of nitrogens with one attached hydrogen (secondary N) is 1. The molecule has 1 aromatic rings. The molecule has 146 valence electrons. The SMILES string of the molecule is Cc1cccc(NC(=O)N2CCCC(C(=O)N3CCCCC3C(=O)O)C2)c1. The maximum Gasteiger partial charge on any atom is 0.326 e. The van der Waals surface area contributed by atoms with Gasteiger partial charge in [-0.25, -0.2) is 9.59 Å². The predicted octanol–water partition coefficient (Wildman–Crippen LogP) is 2.70. The number of benzene rings is 1. The van der Waals surface area contributed by atoms with Crippen LogP contribution in [0.3, 0.4) is 0 Å². The van der Waals surface area contributed by atoms with Crippen molar-refractivity contribution in [2.24, 2.45) is 5.92 Å². The van der Waals surface area contributed by atoms with Gasteiger partial charge in [0, 0.05) is 25.3 Å². The van der Waals surface area contributed by atoms with Gasteiger partial charge in [0.2, 0.25) is 5.91 Å². The molecule has 7 heteroatoms. The van der Waals surface area contributed by atoms with E-state index in [9.17, 15) is 19.5 Å². The number of aryl methyl sites for hydroxylation is 1. The third-order valence-electron chi connectivity index (χ3n) is 5.40. The minimum atomic E-state index is -0.937. The van der Waals surface area contributed by atoms with Gasteiger partial charge in [0.25, 0.3) is 0 Å². The van der Waals surface area contributed by atoms with Gasteiger partial charge in [-0.1, -0.05) is 12.1 Å². The van der Waals surface area contributed by atoms with Crippen LogP contribution in [0, 0.1) is 12.8 Å². The van der Waals surface area contributed by atoms with Gasteiger partial charge in [-0.2, -0.15) is 0 Å². The van der Waals surface area contributed by atoms with Gasteiger partial charge in [-0.3, -0.25) is 4.79 Å². The monoisotopic (exact) mass is 373 g/mol. The largest absolute Gasteiger partial charge is 0.480 e. The average Bonchev–Trinajstić information content (AvgIpc) is 2.67. The van der Waals surface area contributed by atoms with Crippen molar-refractivity contribution in [3.05, 3.63) is 29.8 Å². The molecule has 2 saturated heterocycles. The van der Waals surface area contributed by atoms with Crippen molar-refractivity contribution in [3.63, 3.8) is 0 Å². The molecule has 2 atom stereocenters. The number of piperidine rings is 2. The molecule has 3 rings (SSSR count). The van der Waals surface area contributed by atoms with Gasteiger partial charge in [-0.05, 0) is 56.7 Å². The van der Waals surface area contributed by atoms with Crippen molar-refractivity contribution in [1.29, 1.82) is 0 Å². The van der Waals surface area contributed by atoms with Crippen LogP contribution < -0.4 is 5.32 Å². The van der Waals surface area contributed by atoms with E-state index in [1.807, 2.05) is 31.2 Å². The molecule has 2 fully saturated rings. The van der Waals surface area contributed by atoms with Crippen molar-refractivity contribution in [3.8, 4) is 0 Å². The van der Waals surface area contributed by atoms with Crippen LogP contribution in [-0.4, -0.2) is 58.5 Å². The number of anilines is 1. The number of carboxylic acids is 1. The highest BCUT2D eigenvalue weighted by molar-refractivity contribution is 5.90. The highest BCUT2D eigenvalue weighted by atomic mass is 16.4. The fourth-order valence-corrected chi connectivity index (χ4v) is 3.98. The summed E-state index contributed by atoms with van der Waals surface area (Å²) in [6.07, 6.45) is 3.60. The molecule has 0 aromatic heterocycles. The summed E-state index contributed by atoms with van der Waals surface area (Å²) >= 11 is 0. The van der Waals surface area contributed by atoms with E-state index in [0.29, 0.717) is 32.5 Å². The Bertz CT molecular complexity index is 721. The van der Waals surface area contributed by atoms with Crippen molar-refractivity contribution in [1.82, 2.24) is 9.80 Å². The second-order valence-corrected chi connectivity index (χ2v) is 7.47. The Kier molecular flexibility index (Phi) is 5.98. The molecule has 0 bridgehead atoms. The van der Waals surface area contributed by atoms with Crippen LogP contribution in [0.1, 0.15) is 37.7 Å². The maximum atomic E-state index is 12.9. The van der Waals surface area contributed by atoms with E-state index in [2.05, 4.69) is 5.32 Å². The van der Waals surface area contributed by atoms with Crippen LogP contribution in [-0.2, 0) is 9.59 Å². The first kappa shape index (κ1) is 19.2. The molecule has 2 aliphatic rings. The van der Waals surface area contributed by atoms with E-state index in [1.165, 1.54) is 4.90 Å². The first-order valence-corrected chi connectivity index (χ1v) is 9.61. The normalized spacial score (nSPS) is 23.0. The molecule has 2 unspecified atom stereocenters. The number of carbonyl (C=O) groups excluding carboxylic acids is 2. The number of nitrogens with zero attached hydrogens (tertiary/aromatic N) is 2. The van der Waals surface area contributed by atoms with E-state index in [1.54, 1.807) is 4.90 Å². The number of aliphatic carboxylic acids is 1. The Hall–Kier alpha value is -2.57. The highest BCUT2D eigenvalue weighted by Gasteiger charge is 2.37. The fraction of sp³-hybridized carbons (Fsp3) is 0.550. The molecule has 0 spiro atoms. The quantitative estimate of drug-likeness (QED) is 0.852. The van der Waals surface area contributed by atoms with Crippen LogP contribution in [0.25, 0.3) is 0 Å². The maximum absolute atomic E-state index is 12.9. The summed E-state index contributed by atoms with van der Waals surface area (Å²) in [7, 11) is 0. The summed E-state index contributed by atoms with van der Waals surface area (Å²) in [5, 5.41) is 12.3. The van der Waals surface area contributed by atoms with Gasteiger partial charge in [0.15, 0.2) is 0 Å². The zero-order valence-corrected chi connectivity index (χ0v) is 15.7. The van der Waals surface area contributed by atoms with Crippen LogP contribution in [0.4, 0.5) is 10.5 Å². The third-order valence-corrected chi connectivity index (χ3v) is 5.40. The highest BCUT2D eigenvalue weighted by Crippen LogP contribution is 2.25. The molecule has 0 aliphatic carbocycles. The number of amides is 3. The van der Waals surface area contributed by atoms with Gasteiger partial charge in [-0.15, -0.1) is 0 Å². The van der Waals surface area contributed by atoms with Crippen LogP contribution >= 0.6 is 0 Å². The molecule has 27 heavy (non-hydrogen) atoms. The summed E-state index contributed by atoms with van der Waals surface area (Å²) in [6.45, 7) is 3.38. The molecule has 2 heterocycles. The summed E-state index contributed by atoms with van der Waals surface area (Å²) in [5.41, 5.74) is 1.79. The van der Waals surface area contributed by atoms with Gasteiger partial charge in [0.1, 0.15) is 6.04 Å². The third kappa shape index (κ3) is 4.59. The van der Waals surface area contributed by atoms with E-state index >= 15 is 0 Å². The molecular formula is C20H27N3O4. The number of likely N-dealkylation sites (tertiary alicyclic amines) is 2. The van der Waals surface area contributed by atoms with Crippen LogP contribution in [0.15, 0.2) is 24.3 Å². The number of hydrogen-bond donors (Lipinski definition) is 2. The molecule has 2 N–H and O–H groups in total. The molecule has 2 aliphatic heterocycles. The number of urea groups is 1. The van der Waals surface area contributed by atoms with E-state index in [0.717, 1.165) is 30.5 Å². The summed E-state index contributed by atoms with van der Waals surface area (Å²) in [5.74, 6) is -1.40. The summed E-state index contributed by atoms with van der Waals surface area (Å²) < 4.78 is 0. The standard InChI is InChI=1S/C20H27N3O4/c1-14-6-4-8-16(12-14)21-20(27)22-10-5-7-15(13-22)18(24)23-11-3-2-9-17(23)19(25)26/h4,6,8,12,15,17H,2-3,5,7,9-11,13H2,1H3,(H,21,27)(H,25,26). The predicted molar refractivity (Wildman–Crippen MR) is 101 cm³/mol. The topological polar surface area (TPSA) is 90.0 Å². The Balaban J connectivity index is 1.63. The molecule has 0 saturated carbocycles. The number of hydrogen-bond acceptors (Lipinski definition) is 3. The van der Waals surface area contributed by atoms with E-state index in [4.69, 9.17) is 0 Å². The zero-order valence-electron chi connectivity index (χ0n) is 15.7. The summed E-state index contributed by atoms with van der Waals surface area (Å²) in [6, 6.07) is 6.63. The number of carboxylic acid groups (broad SMARTS) is 1. The number of carbonyl (C=O) groups is 3. The lowest BCUT2D eigenvalue weighted by Crippen LogP contribution is -2.53. The second kappa shape index (κ2) is 8.41. The second-order valence-electron chi connectivity index (χ2n) is 7.47. The molecule has 0 radical (unpaired) electrons. The molecular weight excluding hydrogens is 346 g/mol. The first-order valence-electron chi connectivity index (χ1n) is 9.61. The Morgan fingerprint density at radius 3 is 2.67 bits per heavy atom. The summed E-state index contributed by atoms with van der Waals surface area (Å²) in [4.78, 5) is 40.2. The van der Waals surface area contributed by atoms with Crippen molar-refractivity contribution in [2.45, 2.75) is 45.1 Å². The molecule has 7 nitrogen and oxygen atoms in total. The number of rotatable bonds is 3. The van der Waals surface area contributed by atoms with Gasteiger partial charge < -0.3 is 20.2 Å². The average molecular weight is 373 g/mol. The Labute approximate surface area is 159 Å². The minimum absolute atomic E-state index is 0.129. The minimum Gasteiger partial charge on any atom is -0.480 e. The lowest BCUT2D eigenvalue weighted by Gasteiger charge is -2.38. The van der Waals surface area contributed by atoms with Crippen LogP contribution in [0.5, 0.6) is 0 Å². The molecule has 1 aromatic carbocycles. The van der Waals surface area contributed by atoms with Crippen molar-refractivity contribution in [2.75, 3.05) is 25.0 Å². The van der Waals surface area contributed by atoms with Crippen LogP contribution in [0.2, 0.25) is 0 Å². The fourth-order valence-electron chi connectivity index (χ4n) is 3.98. The first-order chi connectivity index (χ1) is 13.0. The van der Waals surface area contributed by atoms with Gasteiger partial charge >= 0.3 is 12.0 Å². The van der Waals surface area contributed by atoms with E-state index in [-0.39, 0.29) is 17.9 Å². The Morgan fingerprint density at radius 2 is 1.93 bits per heavy atom. The molecule has 3 amide bonds. The lowest BCUT2D eigenvalue weighted by molar-refractivity contribution is -0.154. The van der Waals surface area contributed by atoms with Crippen molar-refractivity contribution >= 4 is 23.6 Å². The van der Waals surface area contributed by atoms with Gasteiger partial charge in [0.05, 0.1) is 5.92 Å². The zero-order chi connectivity index (χ0) is 19.4. The Morgan fingerprint density at radius 1 is 1.11 bits per heavy atom. The van der Waals surface area contributed by atoms with Crippen molar-refractivity contribution < 1.29 is 19.5 Å². The van der Waals surface area contributed by atoms with E-state index < -0.39 is 12.0 Å². The lowest BCUT2D eigenvalue weighted by atomic mass is 9.93.